The molecule has 0 spiro atoms. The molecule has 2 bridgehead atoms. The molecule has 3 heterocycles. The molecule has 11 nitrogen and oxygen atoms in total. The number of methoxy groups -OCH3 is 1. The molecule has 1 aliphatic carbocycles. The molecule has 1 saturated heterocycles. The number of carbonyl (C=O) groups is 3. The highest BCUT2D eigenvalue weighted by molar-refractivity contribution is 5.90. The number of fused-ring (bicyclic) bond motifs is 5. The second-order valence-electron chi connectivity index (χ2n) is 13.5. The number of benzene rings is 1. The fourth-order valence-electron chi connectivity index (χ4n) is 7.08. The van der Waals surface area contributed by atoms with Crippen LogP contribution in [-0.4, -0.2) is 75.9 Å². The topological polar surface area (TPSA) is 140 Å². The fraction of sp³-hybridized carbons (Fsp3) is 0.667. The van der Waals surface area contributed by atoms with Gasteiger partial charge in [-0.05, 0) is 68.4 Å². The van der Waals surface area contributed by atoms with E-state index in [-0.39, 0.29) is 18.6 Å². The van der Waals surface area contributed by atoms with Gasteiger partial charge in [-0.15, -0.1) is 0 Å². The van der Waals surface area contributed by atoms with E-state index >= 15 is 0 Å². The number of carbonyl (C=O) groups excluding carboxylic acids is 2. The molecule has 2 fully saturated rings. The Morgan fingerprint density at radius 3 is 2.52 bits per heavy atom. The zero-order chi connectivity index (χ0) is 31.6. The maximum absolute atomic E-state index is 14.2. The monoisotopic (exact) mass is 610 g/mol. The van der Waals surface area contributed by atoms with Crippen LogP contribution in [0.25, 0.3) is 11.0 Å². The van der Waals surface area contributed by atoms with Crippen molar-refractivity contribution in [1.29, 1.82) is 0 Å². The summed E-state index contributed by atoms with van der Waals surface area (Å²) in [4.78, 5) is 51.2. The van der Waals surface area contributed by atoms with Crippen molar-refractivity contribution < 1.29 is 33.7 Å². The number of nitrogens with zero attached hydrogens (tertiary/aromatic N) is 3. The molecule has 6 unspecified atom stereocenters. The van der Waals surface area contributed by atoms with Gasteiger partial charge in [0, 0.05) is 12.0 Å². The highest BCUT2D eigenvalue weighted by Gasteiger charge is 2.51. The second-order valence-corrected chi connectivity index (χ2v) is 13.5. The quantitative estimate of drug-likeness (QED) is 0.484. The Morgan fingerprint density at radius 1 is 1.05 bits per heavy atom. The molecule has 1 aromatic heterocycles. The van der Waals surface area contributed by atoms with Crippen LogP contribution in [0, 0.1) is 17.3 Å². The summed E-state index contributed by atoms with van der Waals surface area (Å²) < 4.78 is 17.9. The first-order valence-electron chi connectivity index (χ1n) is 16.0. The minimum Gasteiger partial charge on any atom is -0.497 e. The molecule has 5 rings (SSSR count). The lowest BCUT2D eigenvalue weighted by molar-refractivity contribution is -0.151. The number of aryl methyl sites for hydroxylation is 1. The SMILES string of the molecule is CCC1C2CN(C(=O)C(C(C)(C)C)NC(=O)OC3CCCC3CCCCCc3nc4ccc(OC)cc4nc3O2)C1C(=O)O. The van der Waals surface area contributed by atoms with E-state index < -0.39 is 47.5 Å². The maximum Gasteiger partial charge on any atom is 0.408 e. The third-order valence-corrected chi connectivity index (χ3v) is 9.48. The van der Waals surface area contributed by atoms with E-state index in [0.717, 1.165) is 56.2 Å². The van der Waals surface area contributed by atoms with E-state index in [1.54, 1.807) is 13.2 Å². The first-order chi connectivity index (χ1) is 21.0. The summed E-state index contributed by atoms with van der Waals surface area (Å²) in [6.07, 6.45) is 6.28. The Labute approximate surface area is 259 Å². The lowest BCUT2D eigenvalue weighted by Gasteiger charge is -2.35. The number of alkyl carbamates (subject to hydrolysis) is 1. The summed E-state index contributed by atoms with van der Waals surface area (Å²) in [5, 5.41) is 13.2. The summed E-state index contributed by atoms with van der Waals surface area (Å²) in [5.41, 5.74) is 1.36. The molecule has 11 heteroatoms. The van der Waals surface area contributed by atoms with E-state index in [1.807, 2.05) is 39.8 Å². The van der Waals surface area contributed by atoms with Crippen LogP contribution in [0.5, 0.6) is 11.6 Å². The molecule has 3 aliphatic rings. The minimum absolute atomic E-state index is 0.0413. The molecule has 44 heavy (non-hydrogen) atoms. The molecule has 2 N–H and O–H groups in total. The van der Waals surface area contributed by atoms with Crippen molar-refractivity contribution >= 4 is 29.0 Å². The summed E-state index contributed by atoms with van der Waals surface area (Å²) >= 11 is 0. The van der Waals surface area contributed by atoms with Crippen molar-refractivity contribution in [2.24, 2.45) is 17.3 Å². The first-order valence-corrected chi connectivity index (χ1v) is 16.0. The number of aromatic nitrogens is 2. The highest BCUT2D eigenvalue weighted by Crippen LogP contribution is 2.36. The van der Waals surface area contributed by atoms with E-state index in [2.05, 4.69) is 5.32 Å². The van der Waals surface area contributed by atoms with Crippen LogP contribution >= 0.6 is 0 Å². The first kappa shape index (κ1) is 31.8. The van der Waals surface area contributed by atoms with Gasteiger partial charge in [0.05, 0.1) is 24.7 Å². The number of hydrogen-bond acceptors (Lipinski definition) is 8. The van der Waals surface area contributed by atoms with Gasteiger partial charge in [-0.1, -0.05) is 40.5 Å². The Bertz CT molecular complexity index is 1380. The zero-order valence-electron chi connectivity index (χ0n) is 26.5. The molecular formula is C33H46N4O7. The van der Waals surface area contributed by atoms with Crippen LogP contribution in [0.2, 0.25) is 0 Å². The molecule has 1 saturated carbocycles. The number of amides is 2. The van der Waals surface area contributed by atoms with Crippen LogP contribution < -0.4 is 14.8 Å². The lowest BCUT2D eigenvalue weighted by Crippen LogP contribution is -2.57. The van der Waals surface area contributed by atoms with Gasteiger partial charge in [-0.3, -0.25) is 4.79 Å². The van der Waals surface area contributed by atoms with Gasteiger partial charge in [0.25, 0.3) is 0 Å². The lowest BCUT2D eigenvalue weighted by atomic mass is 9.85. The molecule has 1 aromatic carbocycles. The summed E-state index contributed by atoms with van der Waals surface area (Å²) in [7, 11) is 1.59. The molecule has 2 aliphatic heterocycles. The average Bonchev–Trinajstić information content (AvgIpc) is 3.58. The van der Waals surface area contributed by atoms with E-state index in [9.17, 15) is 19.5 Å². The normalized spacial score (nSPS) is 28.6. The number of ether oxygens (including phenoxy) is 3. The molecule has 0 radical (unpaired) electrons. The van der Waals surface area contributed by atoms with Crippen molar-refractivity contribution in [2.45, 2.75) is 110 Å². The van der Waals surface area contributed by atoms with Gasteiger partial charge in [0.2, 0.25) is 11.8 Å². The van der Waals surface area contributed by atoms with Crippen LogP contribution in [0.4, 0.5) is 4.79 Å². The Hall–Kier alpha value is -3.63. The predicted molar refractivity (Wildman–Crippen MR) is 164 cm³/mol. The fourth-order valence-corrected chi connectivity index (χ4v) is 7.08. The van der Waals surface area contributed by atoms with Crippen molar-refractivity contribution in [3.8, 4) is 11.6 Å². The second kappa shape index (κ2) is 13.2. The van der Waals surface area contributed by atoms with Crippen LogP contribution in [0.15, 0.2) is 18.2 Å². The smallest absolute Gasteiger partial charge is 0.408 e. The number of rotatable bonds is 3. The zero-order valence-corrected chi connectivity index (χ0v) is 26.5. The molecule has 2 amide bonds. The number of nitrogens with one attached hydrogen (secondary N) is 1. The van der Waals surface area contributed by atoms with Crippen molar-refractivity contribution in [3.63, 3.8) is 0 Å². The van der Waals surface area contributed by atoms with Crippen LogP contribution in [0.3, 0.4) is 0 Å². The molecule has 2 aromatic rings. The van der Waals surface area contributed by atoms with Gasteiger partial charge in [-0.2, -0.15) is 0 Å². The van der Waals surface area contributed by atoms with E-state index in [4.69, 9.17) is 24.2 Å². The number of carboxylic acids is 1. The predicted octanol–water partition coefficient (Wildman–Crippen LogP) is 5.13. The molecular weight excluding hydrogens is 564 g/mol. The molecule has 6 atom stereocenters. The Balaban J connectivity index is 1.54. The van der Waals surface area contributed by atoms with Crippen LogP contribution in [0.1, 0.15) is 84.8 Å². The van der Waals surface area contributed by atoms with Gasteiger partial charge < -0.3 is 29.5 Å². The van der Waals surface area contributed by atoms with E-state index in [0.29, 0.717) is 30.0 Å². The van der Waals surface area contributed by atoms with Crippen molar-refractivity contribution in [1.82, 2.24) is 20.2 Å². The summed E-state index contributed by atoms with van der Waals surface area (Å²) in [6.45, 7) is 7.49. The average molecular weight is 611 g/mol. The Morgan fingerprint density at radius 2 is 1.82 bits per heavy atom. The molecule has 240 valence electrons. The maximum atomic E-state index is 14.2. The van der Waals surface area contributed by atoms with Crippen molar-refractivity contribution in [2.75, 3.05) is 13.7 Å². The van der Waals surface area contributed by atoms with E-state index in [1.165, 1.54) is 4.90 Å². The highest BCUT2D eigenvalue weighted by atomic mass is 16.6. The standard InChI is InChI=1S/C33H46N4O7/c1-6-21-26-18-37(27(21)31(39)40)30(38)28(33(2,3)4)36-32(41)44-25-14-10-12-19(25)11-8-7-9-13-23-29(43-26)35-24-17-20(42-5)15-16-22(24)34-23/h15-17,19,21,25-28H,6-14,18H2,1-5H3,(H,36,41)(H,39,40). The van der Waals surface area contributed by atoms with Crippen LogP contribution in [-0.2, 0) is 20.7 Å². The third kappa shape index (κ3) is 6.71. The number of aliphatic carboxylic acids is 1. The Kier molecular flexibility index (Phi) is 9.51. The van der Waals surface area contributed by atoms with Gasteiger partial charge in [0.15, 0.2) is 0 Å². The van der Waals surface area contributed by atoms with Gasteiger partial charge in [0.1, 0.15) is 35.7 Å². The largest absolute Gasteiger partial charge is 0.497 e. The number of carboxylic acid groups (broad SMARTS) is 1. The summed E-state index contributed by atoms with van der Waals surface area (Å²) in [5.74, 6) is -0.796. The number of hydrogen-bond donors (Lipinski definition) is 2. The van der Waals surface area contributed by atoms with Crippen molar-refractivity contribution in [3.05, 3.63) is 23.9 Å². The summed E-state index contributed by atoms with van der Waals surface area (Å²) in [6, 6.07) is 3.41. The minimum atomic E-state index is -1.13. The van der Waals surface area contributed by atoms with Gasteiger partial charge >= 0.3 is 12.1 Å². The van der Waals surface area contributed by atoms with Gasteiger partial charge in [-0.25, -0.2) is 19.6 Å². The third-order valence-electron chi connectivity index (χ3n) is 9.48.